The molecule has 1 aromatic rings. The average molecular weight is 320 g/mol. The number of hydrogen-bond acceptors (Lipinski definition) is 4. The van der Waals surface area contributed by atoms with E-state index in [1.165, 1.54) is 0 Å². The Kier molecular flexibility index (Phi) is 4.97. The zero-order valence-electron chi connectivity index (χ0n) is 13.8. The molecule has 0 unspecified atom stereocenters. The lowest BCUT2D eigenvalue weighted by Gasteiger charge is -2.36. The molecule has 7 nitrogen and oxygen atoms in total. The van der Waals surface area contributed by atoms with Crippen molar-refractivity contribution in [1.82, 2.24) is 9.88 Å². The number of carbonyl (C=O) groups excluding carboxylic acids is 1. The van der Waals surface area contributed by atoms with Crippen LogP contribution in [0.25, 0.3) is 0 Å². The van der Waals surface area contributed by atoms with Crippen LogP contribution in [-0.2, 0) is 10.3 Å². The fourth-order valence-corrected chi connectivity index (χ4v) is 2.65. The summed E-state index contributed by atoms with van der Waals surface area (Å²) in [6.07, 6.45) is 2.85. The summed E-state index contributed by atoms with van der Waals surface area (Å²) in [4.78, 5) is 12.4. The number of ether oxygens (including phenoxy) is 1. The summed E-state index contributed by atoms with van der Waals surface area (Å²) in [5.74, 6) is 0.548. The predicted octanol–water partition coefficient (Wildman–Crippen LogP) is 1.78. The van der Waals surface area contributed by atoms with Crippen LogP contribution >= 0.6 is 0 Å². The average Bonchev–Trinajstić information content (AvgIpc) is 2.91. The third kappa shape index (κ3) is 4.03. The molecular weight excluding hydrogens is 296 g/mol. The Labute approximate surface area is 136 Å². The standard InChI is InChI=1S/C16H24N4O3/c1-15(2,3)20-10-12(9-17)8-13(20)18-14(22)19-16(11-21)4-6-23-7-5-16/h8,10,21H,4-7,11H2,1-3H3,(H2,18,19,22). The minimum Gasteiger partial charge on any atom is -0.394 e. The van der Waals surface area contributed by atoms with Crippen LogP contribution in [0, 0.1) is 11.3 Å². The Hall–Kier alpha value is -2.04. The van der Waals surface area contributed by atoms with Crippen LogP contribution in [0.1, 0.15) is 39.2 Å². The fourth-order valence-electron chi connectivity index (χ4n) is 2.65. The van der Waals surface area contributed by atoms with Gasteiger partial charge in [-0.1, -0.05) is 0 Å². The van der Waals surface area contributed by atoms with Crippen molar-refractivity contribution in [3.63, 3.8) is 0 Å². The number of nitriles is 1. The molecule has 0 aliphatic carbocycles. The molecule has 2 heterocycles. The molecule has 1 fully saturated rings. The zero-order valence-corrected chi connectivity index (χ0v) is 13.8. The van der Waals surface area contributed by atoms with Crippen molar-refractivity contribution in [2.75, 3.05) is 25.1 Å². The van der Waals surface area contributed by atoms with E-state index < -0.39 is 11.6 Å². The molecule has 126 valence electrons. The first-order valence-corrected chi connectivity index (χ1v) is 7.70. The Morgan fingerprint density at radius 1 is 1.48 bits per heavy atom. The van der Waals surface area contributed by atoms with Gasteiger partial charge >= 0.3 is 6.03 Å². The molecule has 0 atom stereocenters. The van der Waals surface area contributed by atoms with Crippen LogP contribution in [-0.4, -0.2) is 41.1 Å². The maximum Gasteiger partial charge on any atom is 0.320 e. The highest BCUT2D eigenvalue weighted by Crippen LogP contribution is 2.25. The normalized spacial score (nSPS) is 17.3. The molecule has 0 spiro atoms. The van der Waals surface area contributed by atoms with Crippen molar-refractivity contribution >= 4 is 11.8 Å². The van der Waals surface area contributed by atoms with Gasteiger partial charge in [-0.15, -0.1) is 0 Å². The van der Waals surface area contributed by atoms with E-state index in [1.807, 2.05) is 25.3 Å². The molecule has 7 heteroatoms. The summed E-state index contributed by atoms with van der Waals surface area (Å²) >= 11 is 0. The SMILES string of the molecule is CC(C)(C)n1cc(C#N)cc1NC(=O)NC1(CO)CCOCC1. The summed E-state index contributed by atoms with van der Waals surface area (Å²) in [6, 6.07) is 3.33. The van der Waals surface area contributed by atoms with E-state index in [0.29, 0.717) is 37.4 Å². The molecule has 0 bridgehead atoms. The minimum absolute atomic E-state index is 0.131. The lowest BCUT2D eigenvalue weighted by atomic mass is 9.91. The maximum atomic E-state index is 12.4. The molecule has 23 heavy (non-hydrogen) atoms. The van der Waals surface area contributed by atoms with Gasteiger partial charge in [0.25, 0.3) is 0 Å². The Bertz CT molecular complexity index is 604. The largest absolute Gasteiger partial charge is 0.394 e. The molecule has 0 radical (unpaired) electrons. The maximum absolute atomic E-state index is 12.4. The van der Waals surface area contributed by atoms with E-state index in [4.69, 9.17) is 10.00 Å². The first kappa shape index (κ1) is 17.3. The number of carbonyl (C=O) groups is 1. The number of hydrogen-bond donors (Lipinski definition) is 3. The summed E-state index contributed by atoms with van der Waals surface area (Å²) < 4.78 is 7.13. The molecule has 0 saturated carbocycles. The number of aliphatic hydroxyl groups is 1. The van der Waals surface area contributed by atoms with E-state index in [0.717, 1.165) is 0 Å². The number of urea groups is 1. The highest BCUT2D eigenvalue weighted by molar-refractivity contribution is 5.89. The van der Waals surface area contributed by atoms with Gasteiger partial charge in [-0.25, -0.2) is 4.79 Å². The molecule has 2 rings (SSSR count). The fraction of sp³-hybridized carbons (Fsp3) is 0.625. The Morgan fingerprint density at radius 3 is 2.65 bits per heavy atom. The van der Waals surface area contributed by atoms with E-state index in [9.17, 15) is 9.90 Å². The van der Waals surface area contributed by atoms with Gasteiger partial charge in [0.1, 0.15) is 11.9 Å². The second kappa shape index (κ2) is 6.60. The summed E-state index contributed by atoms with van der Waals surface area (Å²) in [5.41, 5.74) is -0.442. The van der Waals surface area contributed by atoms with Crippen LogP contribution < -0.4 is 10.6 Å². The molecule has 1 saturated heterocycles. The number of anilines is 1. The van der Waals surface area contributed by atoms with Crippen molar-refractivity contribution in [3.05, 3.63) is 17.8 Å². The van der Waals surface area contributed by atoms with E-state index in [2.05, 4.69) is 16.7 Å². The predicted molar refractivity (Wildman–Crippen MR) is 86.2 cm³/mol. The third-order valence-electron chi connectivity index (χ3n) is 4.04. The lowest BCUT2D eigenvalue weighted by Crippen LogP contribution is -2.55. The first-order valence-electron chi connectivity index (χ1n) is 7.70. The smallest absolute Gasteiger partial charge is 0.320 e. The summed E-state index contributed by atoms with van der Waals surface area (Å²) in [6.45, 7) is 6.86. The summed E-state index contributed by atoms with van der Waals surface area (Å²) in [7, 11) is 0. The Balaban J connectivity index is 2.14. The van der Waals surface area contributed by atoms with Crippen molar-refractivity contribution in [3.8, 4) is 6.07 Å². The van der Waals surface area contributed by atoms with Gasteiger partial charge < -0.3 is 19.7 Å². The van der Waals surface area contributed by atoms with Crippen molar-refractivity contribution < 1.29 is 14.6 Å². The van der Waals surface area contributed by atoms with Crippen LogP contribution in [0.15, 0.2) is 12.3 Å². The zero-order chi connectivity index (χ0) is 17.1. The van der Waals surface area contributed by atoms with Crippen LogP contribution in [0.4, 0.5) is 10.6 Å². The van der Waals surface area contributed by atoms with Crippen LogP contribution in [0.2, 0.25) is 0 Å². The quantitative estimate of drug-likeness (QED) is 0.790. The molecule has 1 aromatic heterocycles. The van der Waals surface area contributed by atoms with Gasteiger partial charge in [-0.2, -0.15) is 5.26 Å². The van der Waals surface area contributed by atoms with Gasteiger partial charge in [-0.05, 0) is 39.7 Å². The second-order valence-corrected chi connectivity index (χ2v) is 6.90. The second-order valence-electron chi connectivity index (χ2n) is 6.90. The number of nitrogens with zero attached hydrogens (tertiary/aromatic N) is 2. The number of rotatable bonds is 3. The molecule has 1 aliphatic rings. The third-order valence-corrected chi connectivity index (χ3v) is 4.04. The van der Waals surface area contributed by atoms with Crippen LogP contribution in [0.5, 0.6) is 0 Å². The van der Waals surface area contributed by atoms with E-state index in [-0.39, 0.29) is 12.1 Å². The van der Waals surface area contributed by atoms with Gasteiger partial charge in [0, 0.05) is 24.9 Å². The Morgan fingerprint density at radius 2 is 2.13 bits per heavy atom. The number of nitrogens with one attached hydrogen (secondary N) is 2. The van der Waals surface area contributed by atoms with Gasteiger partial charge in [0.05, 0.1) is 17.7 Å². The van der Waals surface area contributed by atoms with Gasteiger partial charge in [-0.3, -0.25) is 5.32 Å². The first-order chi connectivity index (χ1) is 10.8. The number of amides is 2. The summed E-state index contributed by atoms with van der Waals surface area (Å²) in [5, 5.41) is 24.4. The molecule has 2 amide bonds. The van der Waals surface area contributed by atoms with E-state index >= 15 is 0 Å². The molecule has 3 N–H and O–H groups in total. The number of aliphatic hydroxyl groups excluding tert-OH is 1. The highest BCUT2D eigenvalue weighted by Gasteiger charge is 2.34. The van der Waals surface area contributed by atoms with E-state index in [1.54, 1.807) is 12.3 Å². The molecular formula is C16H24N4O3. The van der Waals surface area contributed by atoms with Crippen molar-refractivity contribution in [1.29, 1.82) is 5.26 Å². The number of aromatic nitrogens is 1. The lowest BCUT2D eigenvalue weighted by molar-refractivity contribution is 0.0179. The van der Waals surface area contributed by atoms with Gasteiger partial charge in [0.2, 0.25) is 0 Å². The van der Waals surface area contributed by atoms with Crippen LogP contribution in [0.3, 0.4) is 0 Å². The van der Waals surface area contributed by atoms with Crippen molar-refractivity contribution in [2.45, 2.75) is 44.7 Å². The topological polar surface area (TPSA) is 99.3 Å². The highest BCUT2D eigenvalue weighted by atomic mass is 16.5. The molecule has 1 aliphatic heterocycles. The van der Waals surface area contributed by atoms with Crippen molar-refractivity contribution in [2.24, 2.45) is 0 Å². The minimum atomic E-state index is -0.653. The molecule has 0 aromatic carbocycles. The monoisotopic (exact) mass is 320 g/mol. The van der Waals surface area contributed by atoms with Gasteiger partial charge in [0.15, 0.2) is 0 Å².